The highest BCUT2D eigenvalue weighted by Gasteiger charge is 2.40. The van der Waals surface area contributed by atoms with Crippen LogP contribution in [0.1, 0.15) is 132 Å². The lowest BCUT2D eigenvalue weighted by molar-refractivity contribution is -0.142. The molecule has 4 aromatic rings. The van der Waals surface area contributed by atoms with E-state index in [2.05, 4.69) is 42.5 Å². The lowest BCUT2D eigenvalue weighted by Gasteiger charge is -2.29. The minimum absolute atomic E-state index is 0.0890. The lowest BCUT2D eigenvalue weighted by Crippen LogP contribution is -2.58. The van der Waals surface area contributed by atoms with Crippen molar-refractivity contribution in [2.75, 3.05) is 37.7 Å². The van der Waals surface area contributed by atoms with Gasteiger partial charge in [-0.15, -0.1) is 0 Å². The van der Waals surface area contributed by atoms with Gasteiger partial charge in [0, 0.05) is 68.3 Å². The lowest BCUT2D eigenvalue weighted by atomic mass is 9.88. The van der Waals surface area contributed by atoms with Crippen molar-refractivity contribution in [3.63, 3.8) is 0 Å². The summed E-state index contributed by atoms with van der Waals surface area (Å²) in [7, 11) is 1.68. The van der Waals surface area contributed by atoms with Crippen LogP contribution in [0.2, 0.25) is 0 Å². The molecule has 0 spiro atoms. The fourth-order valence-corrected chi connectivity index (χ4v) is 15.9. The Morgan fingerprint density at radius 1 is 0.478 bits per heavy atom. The fraction of sp³-hybridized carbons (Fsp3) is 0.500. The van der Waals surface area contributed by atoms with Gasteiger partial charge in [0.15, 0.2) is 28.9 Å². The van der Waals surface area contributed by atoms with E-state index in [1.165, 1.54) is 13.8 Å². The van der Waals surface area contributed by atoms with Crippen LogP contribution in [0.3, 0.4) is 0 Å². The molecule has 1 aliphatic heterocycles. The number of benzene rings is 4. The molecule has 115 heavy (non-hydrogen) atoms. The average Bonchev–Trinajstić information content (AvgIpc) is 1.71. The van der Waals surface area contributed by atoms with Crippen molar-refractivity contribution in [1.29, 1.82) is 0 Å². The number of ketones is 5. The number of aliphatic carboxylic acids is 1. The van der Waals surface area contributed by atoms with Crippen LogP contribution in [0.25, 0.3) is 5.57 Å². The first-order chi connectivity index (χ1) is 54.9. The normalized spacial score (nSPS) is 24.4. The standard InChI is InChI=1S/C82H110N12O19S2/c1-47(85)74(104)87-43-60(98)36-59-45-114-115-46-66(82(112)113)92-78(108)58(44-95)41-70(102)72(48(2)96)93-77(107)56(34-51-21-9-5-10-22-51)40-69(101)73(49(3)97)94-80(110)63(28-16-18-32-84)89-81(111)65(37-54-30-29-53-25-13-14-26-61(53)54)91-75(105)55(33-50-19-7-4-8-20-50)38-68(100)64(35-52-23-11-6-12-24-52)90-76(106)57(42-71(86)103)39-67(99)62(88-79(59)109)27-15-17-31-83/h4-14,19-26,30,47-49,55-59,62-66,72-73,95-97H,15-18,27-29,31-46,83-85H2,1-3H3,(H2,86,103)(H,87,104)(H,88,109)(H,89,111)(H,90,106)(H,91,105)(H,92,108)(H,93,107)(H,94,110)(H,112,113)/t47-,48+,49+,55+,56+,57-,58-,59-,62-,63?,64-,65-,66-,72-,73-/m0/s1. The van der Waals surface area contributed by atoms with Gasteiger partial charge in [0.2, 0.25) is 53.2 Å². The van der Waals surface area contributed by atoms with E-state index in [-0.39, 0.29) is 70.2 Å². The number of hydrogen-bond acceptors (Lipinski definition) is 23. The number of carboxylic acid groups (broad SMARTS) is 1. The van der Waals surface area contributed by atoms with Crippen molar-refractivity contribution >= 4 is 115 Å². The van der Waals surface area contributed by atoms with Gasteiger partial charge in [0.25, 0.3) is 0 Å². The minimum Gasteiger partial charge on any atom is -0.480 e. The SMILES string of the molecule is C[C@H](N)C(=O)NCC(=O)C[C@H]1CSSC[C@@H](C(=O)O)NC(=O)[C@H](CO)CC(=O)[C@H]([C@@H](C)O)NC(=O)[C@H](Cc2ccccc2)CC(=O)[C@H]([C@@H](C)O)NC(=O)C(CCCCN)NC(=O)[C@H](CC2=CCc3ccccc32)NC(=O)[C@H](Cc2ccccc2)CC(=O)[C@H](Cc2ccccc2)NC(=O)[C@H](CC(N)=O)CC(=O)[C@H](CCCCN)NC1=O. The molecular weight excluding hydrogens is 1520 g/mol. The summed E-state index contributed by atoms with van der Waals surface area (Å²) in [5, 5.41) is 64.3. The number of unbranched alkanes of at least 4 members (excludes halogenated alkanes) is 2. The third kappa shape index (κ3) is 31.4. The maximum Gasteiger partial charge on any atom is 0.327 e. The van der Waals surface area contributed by atoms with Gasteiger partial charge in [-0.25, -0.2) is 4.79 Å². The summed E-state index contributed by atoms with van der Waals surface area (Å²) >= 11 is 0. The maximum atomic E-state index is 15.5. The number of Topliss-reactive ketones (excluding diaryl/α,β-unsaturated/α-hetero) is 5. The number of allylic oxidation sites excluding steroid dienone is 1. The number of fused-ring (bicyclic) bond motifs is 1. The van der Waals surface area contributed by atoms with Gasteiger partial charge in [-0.1, -0.05) is 143 Å². The van der Waals surface area contributed by atoms with Gasteiger partial charge in [-0.3, -0.25) is 67.1 Å². The van der Waals surface area contributed by atoms with Crippen LogP contribution in [0, 0.1) is 29.6 Å². The number of primary amides is 1. The maximum absolute atomic E-state index is 15.5. The first kappa shape index (κ1) is 94.0. The Hall–Kier alpha value is -9.87. The van der Waals surface area contributed by atoms with E-state index in [1.54, 1.807) is 97.1 Å². The zero-order chi connectivity index (χ0) is 84.3. The summed E-state index contributed by atoms with van der Waals surface area (Å²) in [5.41, 5.74) is 27.3. The summed E-state index contributed by atoms with van der Waals surface area (Å²) in [6.45, 7) is 2.41. The molecule has 1 fully saturated rings. The van der Waals surface area contributed by atoms with Crippen molar-refractivity contribution in [3.8, 4) is 0 Å². The highest BCUT2D eigenvalue weighted by atomic mass is 33.1. The van der Waals surface area contributed by atoms with E-state index in [1.807, 2.05) is 24.3 Å². The molecule has 2 aliphatic rings. The van der Waals surface area contributed by atoms with Gasteiger partial charge < -0.3 is 85.9 Å². The van der Waals surface area contributed by atoms with E-state index in [9.17, 15) is 78.0 Å². The van der Waals surface area contributed by atoms with E-state index in [4.69, 9.17) is 22.9 Å². The van der Waals surface area contributed by atoms with Gasteiger partial charge in [-0.2, -0.15) is 0 Å². The molecule has 1 aliphatic carbocycles. The highest BCUT2D eigenvalue weighted by molar-refractivity contribution is 8.76. The molecule has 15 atom stereocenters. The molecule has 0 radical (unpaired) electrons. The second kappa shape index (κ2) is 48.5. The van der Waals surface area contributed by atoms with Crippen LogP contribution in [0.5, 0.6) is 0 Å². The van der Waals surface area contributed by atoms with Gasteiger partial charge >= 0.3 is 5.97 Å². The molecule has 1 heterocycles. The third-order valence-corrected chi connectivity index (χ3v) is 22.5. The van der Waals surface area contributed by atoms with E-state index >= 15 is 14.4 Å². The molecule has 0 aromatic heterocycles. The number of carbonyl (C=O) groups excluding carboxylic acids is 14. The summed E-state index contributed by atoms with van der Waals surface area (Å²) < 4.78 is 0. The van der Waals surface area contributed by atoms with Crippen molar-refractivity contribution in [2.24, 2.45) is 52.5 Å². The molecule has 624 valence electrons. The fourth-order valence-electron chi connectivity index (χ4n) is 13.4. The van der Waals surface area contributed by atoms with E-state index in [0.29, 0.717) is 41.5 Å². The number of rotatable bonds is 27. The molecule has 20 N–H and O–H groups in total. The molecule has 33 heteroatoms. The number of hydrogen-bond donors (Lipinski definition) is 16. The first-order valence-electron chi connectivity index (χ1n) is 38.7. The van der Waals surface area contributed by atoms with Crippen LogP contribution in [-0.2, 0) is 97.6 Å². The molecule has 0 saturated carbocycles. The second-order valence-electron chi connectivity index (χ2n) is 29.4. The zero-order valence-corrected chi connectivity index (χ0v) is 66.6. The number of nitrogens with one attached hydrogen (secondary N) is 8. The number of amides is 9. The summed E-state index contributed by atoms with van der Waals surface area (Å²) in [6.07, 6.45) is -5.01. The number of carboxylic acids is 1. The van der Waals surface area contributed by atoms with E-state index < -0.39 is 236 Å². The molecule has 0 bridgehead atoms. The molecule has 9 amide bonds. The third-order valence-electron chi connectivity index (χ3n) is 20.0. The van der Waals surface area contributed by atoms with Crippen LogP contribution >= 0.6 is 21.6 Å². The Bertz CT molecular complexity index is 4020. The molecule has 6 rings (SSSR count). The van der Waals surface area contributed by atoms with Gasteiger partial charge in [0.1, 0.15) is 30.2 Å². The van der Waals surface area contributed by atoms with Crippen molar-refractivity contribution in [3.05, 3.63) is 149 Å². The van der Waals surface area contributed by atoms with E-state index in [0.717, 1.165) is 39.6 Å². The summed E-state index contributed by atoms with van der Waals surface area (Å²) in [4.78, 5) is 215. The Kier molecular flexibility index (Phi) is 39.6. The predicted octanol–water partition coefficient (Wildman–Crippen LogP) is 0.845. The second-order valence-corrected chi connectivity index (χ2v) is 31.9. The Morgan fingerprint density at radius 3 is 1.45 bits per heavy atom. The molecule has 4 aromatic carbocycles. The number of carbonyl (C=O) groups is 15. The van der Waals surface area contributed by atoms with Crippen molar-refractivity contribution in [2.45, 2.75) is 190 Å². The van der Waals surface area contributed by atoms with Gasteiger partial charge in [-0.05, 0) is 131 Å². The average molecular weight is 1630 g/mol. The predicted molar refractivity (Wildman–Crippen MR) is 432 cm³/mol. The highest BCUT2D eigenvalue weighted by Crippen LogP contribution is 2.32. The van der Waals surface area contributed by atoms with Crippen LogP contribution in [0.4, 0.5) is 0 Å². The first-order valence-corrected chi connectivity index (χ1v) is 41.2. The number of aliphatic hydroxyl groups is 3. The van der Waals surface area contributed by atoms with Gasteiger partial charge in [0.05, 0.1) is 61.2 Å². The van der Waals surface area contributed by atoms with Crippen LogP contribution in [-0.4, -0.2) is 207 Å². The molecular formula is C82H110N12O19S2. The zero-order valence-electron chi connectivity index (χ0n) is 65.0. The van der Waals surface area contributed by atoms with Crippen LogP contribution in [0.15, 0.2) is 121 Å². The monoisotopic (exact) mass is 1630 g/mol. The van der Waals surface area contributed by atoms with Crippen molar-refractivity contribution in [1.82, 2.24) is 42.5 Å². The van der Waals surface area contributed by atoms with Crippen LogP contribution < -0.4 is 65.5 Å². The molecule has 31 nitrogen and oxygen atoms in total. The summed E-state index contributed by atoms with van der Waals surface area (Å²) in [6, 6.07) is 20.5. The largest absolute Gasteiger partial charge is 0.480 e. The number of nitrogens with two attached hydrogens (primary N) is 4. The quantitative estimate of drug-likeness (QED) is 0.0291. The molecule has 1 unspecified atom stereocenters. The smallest absolute Gasteiger partial charge is 0.327 e. The Balaban J connectivity index is 1.47. The molecule has 1 saturated heterocycles. The summed E-state index contributed by atoms with van der Waals surface area (Å²) in [5.74, 6) is -22.2. The van der Waals surface area contributed by atoms with Crippen molar-refractivity contribution < 1.29 is 92.3 Å². The minimum atomic E-state index is -1.82. The topological polar surface area (TPSA) is 537 Å². The Morgan fingerprint density at radius 2 is 0.913 bits per heavy atom. The number of aliphatic hydroxyl groups excluding tert-OH is 3. The Labute approximate surface area is 676 Å².